The molecule has 0 fully saturated rings. The summed E-state index contributed by atoms with van der Waals surface area (Å²) >= 11 is 0. The Kier molecular flexibility index (Phi) is 4.96. The fourth-order valence-corrected chi connectivity index (χ4v) is 5.42. The van der Waals surface area contributed by atoms with Crippen molar-refractivity contribution in [2.75, 3.05) is 16.4 Å². The molecule has 2 aromatic carbocycles. The van der Waals surface area contributed by atoms with E-state index >= 15 is 0 Å². The van der Waals surface area contributed by atoms with Gasteiger partial charge in [0.25, 0.3) is 0 Å². The Balaban J connectivity index is 1.85. The Hall–Kier alpha value is -2.19. The second kappa shape index (κ2) is 7.14. The quantitative estimate of drug-likeness (QED) is 0.714. The van der Waals surface area contributed by atoms with Crippen molar-refractivity contribution in [2.45, 2.75) is 17.7 Å². The second-order valence-corrected chi connectivity index (χ2v) is 8.49. The van der Waals surface area contributed by atoms with Gasteiger partial charge in [-0.25, -0.2) is 13.4 Å². The van der Waals surface area contributed by atoms with Gasteiger partial charge >= 0.3 is 6.03 Å². The molecule has 5 nitrogen and oxygen atoms in total. The van der Waals surface area contributed by atoms with Gasteiger partial charge in [-0.05, 0) is 36.6 Å². The van der Waals surface area contributed by atoms with E-state index in [4.69, 9.17) is 0 Å². The number of aryl methyl sites for hydroxylation is 1. The lowest BCUT2D eigenvalue weighted by Crippen LogP contribution is -2.21. The molecule has 1 unspecified atom stereocenters. The highest BCUT2D eigenvalue weighted by atomic mass is 32.8. The van der Waals surface area contributed by atoms with Crippen LogP contribution in [0, 0.1) is 5.82 Å². The van der Waals surface area contributed by atoms with Crippen molar-refractivity contribution in [3.63, 3.8) is 0 Å². The molecule has 24 heavy (non-hydrogen) atoms. The van der Waals surface area contributed by atoms with Gasteiger partial charge < -0.3 is 15.7 Å². The van der Waals surface area contributed by atoms with Crippen LogP contribution in [0.1, 0.15) is 12.0 Å². The molecule has 1 heterocycles. The highest BCUT2D eigenvalue weighted by molar-refractivity contribution is 8.31. The number of anilines is 2. The second-order valence-electron chi connectivity index (χ2n) is 5.23. The lowest BCUT2D eigenvalue weighted by atomic mass is 10.1. The molecule has 2 amide bonds. The van der Waals surface area contributed by atoms with E-state index < -0.39 is 21.3 Å². The molecular weight excluding hydrogens is 351 g/mol. The van der Waals surface area contributed by atoms with Gasteiger partial charge in [-0.2, -0.15) is 0 Å². The van der Waals surface area contributed by atoms with E-state index in [2.05, 4.69) is 10.6 Å². The number of urea groups is 1. The van der Waals surface area contributed by atoms with Gasteiger partial charge in [0.2, 0.25) is 0 Å². The first-order valence-electron chi connectivity index (χ1n) is 7.28. The van der Waals surface area contributed by atoms with Crippen molar-refractivity contribution in [3.05, 3.63) is 47.8 Å². The maximum atomic E-state index is 13.6. The first kappa shape index (κ1) is 16.7. The first-order valence-corrected chi connectivity index (χ1v) is 9.94. The van der Waals surface area contributed by atoms with Crippen molar-refractivity contribution < 1.29 is 18.5 Å². The number of phenols is 1. The minimum atomic E-state index is -0.666. The Morgan fingerprint density at radius 2 is 1.92 bits per heavy atom. The molecule has 0 bridgehead atoms. The maximum absolute atomic E-state index is 13.6. The number of fused-ring (bicyclic) bond motifs is 1. The Labute approximate surface area is 143 Å². The van der Waals surface area contributed by atoms with E-state index in [0.29, 0.717) is 15.1 Å². The van der Waals surface area contributed by atoms with Crippen LogP contribution in [0.4, 0.5) is 20.6 Å². The molecule has 0 saturated carbocycles. The fraction of sp³-hybridized carbons (Fsp3) is 0.188. The first-order chi connectivity index (χ1) is 11.6. The normalized spacial score (nSPS) is 16.1. The molecule has 0 aromatic heterocycles. The lowest BCUT2D eigenvalue weighted by molar-refractivity contribution is 0.262. The van der Waals surface area contributed by atoms with Crippen molar-refractivity contribution in [1.29, 1.82) is 0 Å². The summed E-state index contributed by atoms with van der Waals surface area (Å²) in [6.07, 6.45) is 1.71. The number of hydrogen-bond acceptors (Lipinski definition) is 3. The van der Waals surface area contributed by atoms with Crippen LogP contribution in [0.3, 0.4) is 0 Å². The number of hydrogen-bond donors (Lipinski definition) is 3. The highest BCUT2D eigenvalue weighted by Gasteiger charge is 2.21. The zero-order valence-electron chi connectivity index (χ0n) is 12.5. The number of benzene rings is 2. The molecule has 3 rings (SSSR count). The summed E-state index contributed by atoms with van der Waals surface area (Å²) in [7, 11) is -0.151. The maximum Gasteiger partial charge on any atom is 0.323 e. The van der Waals surface area contributed by atoms with Crippen molar-refractivity contribution in [2.24, 2.45) is 0 Å². The summed E-state index contributed by atoms with van der Waals surface area (Å²) in [6.45, 7) is 0. The molecule has 126 valence electrons. The molecule has 2 aromatic rings. The molecule has 0 saturated heterocycles. The molecule has 1 atom stereocenters. The average molecular weight is 366 g/mol. The Morgan fingerprint density at radius 3 is 2.67 bits per heavy atom. The molecule has 1 aliphatic rings. The van der Waals surface area contributed by atoms with Gasteiger partial charge in [0.05, 0.1) is 16.3 Å². The van der Waals surface area contributed by atoms with E-state index in [1.807, 2.05) is 6.07 Å². The largest absolute Gasteiger partial charge is 0.505 e. The molecule has 0 spiro atoms. The Morgan fingerprint density at radius 1 is 1.17 bits per heavy atom. The van der Waals surface area contributed by atoms with Gasteiger partial charge in [0.1, 0.15) is 16.0 Å². The van der Waals surface area contributed by atoms with E-state index in [-0.39, 0.29) is 17.1 Å². The molecular formula is C16H15FN2O3S2. The minimum absolute atomic E-state index is 0.0438. The average Bonchev–Trinajstić information content (AvgIpc) is 2.59. The molecule has 1 aliphatic heterocycles. The SMILES string of the molecule is O=S=S1CCCc2ccc(NC(=O)Nc3ccccc3F)c(O)c21. The van der Waals surface area contributed by atoms with Gasteiger partial charge in [-0.15, -0.1) is 0 Å². The summed E-state index contributed by atoms with van der Waals surface area (Å²) < 4.78 is 24.9. The number of para-hydroxylation sites is 1. The number of phenolic OH excluding ortho intramolecular Hbond substituents is 1. The van der Waals surface area contributed by atoms with Crippen molar-refractivity contribution >= 4 is 37.1 Å². The van der Waals surface area contributed by atoms with Crippen LogP contribution in [0.5, 0.6) is 5.75 Å². The van der Waals surface area contributed by atoms with Crippen LogP contribution in [-0.4, -0.2) is 21.1 Å². The van der Waals surface area contributed by atoms with Gasteiger partial charge in [0, 0.05) is 5.75 Å². The van der Waals surface area contributed by atoms with E-state index in [1.54, 1.807) is 12.1 Å². The van der Waals surface area contributed by atoms with Crippen LogP contribution in [0.15, 0.2) is 41.3 Å². The van der Waals surface area contributed by atoms with Crippen LogP contribution < -0.4 is 10.6 Å². The number of rotatable bonds is 2. The van der Waals surface area contributed by atoms with Gasteiger partial charge in [0.15, 0.2) is 5.75 Å². The van der Waals surface area contributed by atoms with Crippen LogP contribution in [0.25, 0.3) is 0 Å². The fourth-order valence-electron chi connectivity index (χ4n) is 2.57. The number of carbonyl (C=O) groups is 1. The summed E-state index contributed by atoms with van der Waals surface area (Å²) in [5.41, 5.74) is 1.18. The van der Waals surface area contributed by atoms with Crippen LogP contribution in [0.2, 0.25) is 0 Å². The summed E-state index contributed by atoms with van der Waals surface area (Å²) in [4.78, 5) is 12.7. The summed E-state index contributed by atoms with van der Waals surface area (Å²) in [5, 5.41) is 15.3. The zero-order chi connectivity index (χ0) is 17.1. The van der Waals surface area contributed by atoms with Gasteiger partial charge in [-0.1, -0.05) is 27.7 Å². The number of aromatic hydroxyl groups is 1. The standard InChI is InChI=1S/C16H15FN2O3S2/c17-11-5-1-2-6-12(11)18-16(21)19-13-8-7-10-4-3-9-24(23-22)15(10)14(13)20/h1-2,5-8,20H,3-4,9H2,(H2,18,19,21). The predicted molar refractivity (Wildman–Crippen MR) is 94.1 cm³/mol. The molecule has 0 radical (unpaired) electrons. The highest BCUT2D eigenvalue weighted by Crippen LogP contribution is 2.36. The molecule has 0 aliphatic carbocycles. The number of halogens is 1. The molecule has 3 N–H and O–H groups in total. The Bertz CT molecular complexity index is 866. The van der Waals surface area contributed by atoms with E-state index in [1.165, 1.54) is 18.2 Å². The van der Waals surface area contributed by atoms with E-state index in [0.717, 1.165) is 24.2 Å². The van der Waals surface area contributed by atoms with Crippen molar-refractivity contribution in [1.82, 2.24) is 0 Å². The lowest BCUT2D eigenvalue weighted by Gasteiger charge is -2.20. The smallest absolute Gasteiger partial charge is 0.323 e. The monoisotopic (exact) mass is 366 g/mol. The third-order valence-electron chi connectivity index (χ3n) is 3.67. The van der Waals surface area contributed by atoms with Crippen LogP contribution in [-0.2, 0) is 26.1 Å². The minimum Gasteiger partial charge on any atom is -0.505 e. The van der Waals surface area contributed by atoms with Crippen LogP contribution >= 0.6 is 0 Å². The third kappa shape index (κ3) is 3.34. The topological polar surface area (TPSA) is 78.4 Å². The number of carbonyl (C=O) groups excluding carboxylic acids is 1. The molecule has 8 heteroatoms. The number of nitrogens with one attached hydrogen (secondary N) is 2. The zero-order valence-corrected chi connectivity index (χ0v) is 14.2. The summed E-state index contributed by atoms with van der Waals surface area (Å²) in [6, 6.07) is 8.54. The third-order valence-corrected chi connectivity index (χ3v) is 6.90. The predicted octanol–water partition coefficient (Wildman–Crippen LogP) is 3.23. The number of amides is 2. The summed E-state index contributed by atoms with van der Waals surface area (Å²) in [5.74, 6) is 0.0914. The van der Waals surface area contributed by atoms with E-state index in [9.17, 15) is 18.5 Å². The van der Waals surface area contributed by atoms with Crippen molar-refractivity contribution in [3.8, 4) is 5.75 Å². The van der Waals surface area contributed by atoms with Gasteiger partial charge in [-0.3, -0.25) is 0 Å².